The van der Waals surface area contributed by atoms with Gasteiger partial charge in [0.15, 0.2) is 11.5 Å². The molecule has 186 valence electrons. The third-order valence-corrected chi connectivity index (χ3v) is 5.76. The molecule has 0 unspecified atom stereocenters. The predicted molar refractivity (Wildman–Crippen MR) is 134 cm³/mol. The number of H-pyrrole nitrogens is 1. The zero-order chi connectivity index (χ0) is 25.9. The summed E-state index contributed by atoms with van der Waals surface area (Å²) in [6.45, 7) is 7.56. The van der Waals surface area contributed by atoms with Crippen LogP contribution in [0.4, 0.5) is 5.69 Å². The first kappa shape index (κ1) is 25.8. The molecule has 3 rings (SSSR count). The molecule has 0 bridgehead atoms. The molecule has 0 aliphatic heterocycles. The van der Waals surface area contributed by atoms with E-state index in [0.29, 0.717) is 51.1 Å². The number of rotatable bonds is 8. The number of benzene rings is 2. The second kappa shape index (κ2) is 10.6. The Balaban J connectivity index is 1.90. The first-order chi connectivity index (χ1) is 16.5. The van der Waals surface area contributed by atoms with Gasteiger partial charge in [-0.1, -0.05) is 19.9 Å². The summed E-state index contributed by atoms with van der Waals surface area (Å²) in [6, 6.07) is 9.14. The van der Waals surface area contributed by atoms with Gasteiger partial charge in [0, 0.05) is 22.7 Å². The number of ether oxygens (including phenoxy) is 2. The van der Waals surface area contributed by atoms with E-state index in [0.717, 1.165) is 0 Å². The van der Waals surface area contributed by atoms with Gasteiger partial charge in [-0.05, 0) is 56.0 Å². The van der Waals surface area contributed by atoms with E-state index >= 15 is 0 Å². The third kappa shape index (κ3) is 5.63. The molecule has 2 aromatic carbocycles. The smallest absolute Gasteiger partial charge is 0.277 e. The molecule has 0 aliphatic carbocycles. The number of aromatic nitrogens is 1. The maximum atomic E-state index is 13.0. The number of methoxy groups -OCH3 is 2. The van der Waals surface area contributed by atoms with Crippen molar-refractivity contribution in [1.82, 2.24) is 10.0 Å². The molecule has 2 amide bonds. The lowest BCUT2D eigenvalue weighted by molar-refractivity contribution is -0.0880. The molecule has 0 fully saturated rings. The van der Waals surface area contributed by atoms with Crippen LogP contribution >= 0.6 is 0 Å². The highest BCUT2D eigenvalue weighted by molar-refractivity contribution is 6.07. The lowest BCUT2D eigenvalue weighted by Gasteiger charge is -2.24. The van der Waals surface area contributed by atoms with Crippen molar-refractivity contribution in [2.75, 3.05) is 19.5 Å². The van der Waals surface area contributed by atoms with Crippen molar-refractivity contribution in [3.63, 3.8) is 0 Å². The highest BCUT2D eigenvalue weighted by atomic mass is 16.5. The van der Waals surface area contributed by atoms with E-state index in [1.807, 2.05) is 13.8 Å². The van der Waals surface area contributed by atoms with Crippen molar-refractivity contribution in [3.05, 3.63) is 63.4 Å². The van der Waals surface area contributed by atoms with Crippen LogP contribution in [0.2, 0.25) is 0 Å². The number of carbonyl (C=O) groups excluding carboxylic acids is 2. The van der Waals surface area contributed by atoms with Crippen LogP contribution in [0.5, 0.6) is 11.5 Å². The standard InChI is InChI=1S/C26H31N3O6/c1-14(2)9-16(4)29(33)26(32)17-8-7-15(3)20(11-17)27-24(30)19-10-18-12-22(34-5)23(35-6)13-21(18)28-25(19)31/h7-8,10-14,16,33H,9H2,1-6H3,(H,27,30)(H,28,31)/t16-/m1/s1. The third-order valence-electron chi connectivity index (χ3n) is 5.76. The molecule has 1 aromatic heterocycles. The molecular weight excluding hydrogens is 450 g/mol. The highest BCUT2D eigenvalue weighted by Gasteiger charge is 2.22. The molecule has 0 saturated heterocycles. The van der Waals surface area contributed by atoms with Gasteiger partial charge in [-0.15, -0.1) is 0 Å². The number of nitrogens with zero attached hydrogens (tertiary/aromatic N) is 1. The Morgan fingerprint density at radius 3 is 2.34 bits per heavy atom. The van der Waals surface area contributed by atoms with Crippen LogP contribution < -0.4 is 20.3 Å². The molecule has 3 N–H and O–H groups in total. The van der Waals surface area contributed by atoms with Crippen molar-refractivity contribution in [3.8, 4) is 11.5 Å². The van der Waals surface area contributed by atoms with Gasteiger partial charge in [-0.3, -0.25) is 19.6 Å². The molecule has 9 nitrogen and oxygen atoms in total. The number of pyridine rings is 1. The number of anilines is 1. The average molecular weight is 482 g/mol. The van der Waals surface area contributed by atoms with Gasteiger partial charge in [0.05, 0.1) is 25.8 Å². The molecule has 0 aliphatic rings. The van der Waals surface area contributed by atoms with Crippen LogP contribution in [0.3, 0.4) is 0 Å². The van der Waals surface area contributed by atoms with E-state index in [1.165, 1.54) is 26.4 Å². The van der Waals surface area contributed by atoms with E-state index in [2.05, 4.69) is 10.3 Å². The average Bonchev–Trinajstić information content (AvgIpc) is 2.82. The van der Waals surface area contributed by atoms with E-state index < -0.39 is 17.4 Å². The van der Waals surface area contributed by atoms with Crippen molar-refractivity contribution in [2.24, 2.45) is 5.92 Å². The summed E-state index contributed by atoms with van der Waals surface area (Å²) in [7, 11) is 2.99. The number of amides is 2. The number of nitrogens with one attached hydrogen (secondary N) is 2. The van der Waals surface area contributed by atoms with Crippen LogP contribution in [0.15, 0.2) is 41.2 Å². The van der Waals surface area contributed by atoms with Gasteiger partial charge >= 0.3 is 0 Å². The summed E-state index contributed by atoms with van der Waals surface area (Å²) >= 11 is 0. The van der Waals surface area contributed by atoms with Gasteiger partial charge < -0.3 is 19.8 Å². The first-order valence-electron chi connectivity index (χ1n) is 11.3. The van der Waals surface area contributed by atoms with Crippen molar-refractivity contribution in [1.29, 1.82) is 0 Å². The minimum absolute atomic E-state index is 0.102. The Hall–Kier alpha value is -3.85. The van der Waals surface area contributed by atoms with Crippen molar-refractivity contribution < 1.29 is 24.3 Å². The number of hydrogen-bond donors (Lipinski definition) is 3. The number of hydrogen-bond acceptors (Lipinski definition) is 6. The van der Waals surface area contributed by atoms with Crippen molar-refractivity contribution >= 4 is 28.4 Å². The zero-order valence-electron chi connectivity index (χ0n) is 20.8. The SMILES string of the molecule is COc1cc2cc(C(=O)Nc3cc(C(=O)N(O)[C@H](C)CC(C)C)ccc3C)c(=O)[nH]c2cc1OC. The number of aromatic amines is 1. The second-order valence-corrected chi connectivity index (χ2v) is 8.92. The maximum absolute atomic E-state index is 13.0. The summed E-state index contributed by atoms with van der Waals surface area (Å²) in [4.78, 5) is 41.1. The van der Waals surface area contributed by atoms with Gasteiger partial charge in [0.25, 0.3) is 17.4 Å². The fraction of sp³-hybridized carbons (Fsp3) is 0.346. The van der Waals surface area contributed by atoms with Gasteiger partial charge in [-0.2, -0.15) is 0 Å². The first-order valence-corrected chi connectivity index (χ1v) is 11.3. The summed E-state index contributed by atoms with van der Waals surface area (Å²) in [5.41, 5.74) is 1.09. The monoisotopic (exact) mass is 481 g/mol. The van der Waals surface area contributed by atoms with Gasteiger partial charge in [0.2, 0.25) is 0 Å². The van der Waals surface area contributed by atoms with Crippen LogP contribution in [0.25, 0.3) is 10.9 Å². The Morgan fingerprint density at radius 1 is 1.06 bits per heavy atom. The largest absolute Gasteiger partial charge is 0.493 e. The predicted octanol–water partition coefficient (Wildman–Crippen LogP) is 4.37. The number of aryl methyl sites for hydroxylation is 1. The molecular formula is C26H31N3O6. The second-order valence-electron chi connectivity index (χ2n) is 8.92. The Morgan fingerprint density at radius 2 is 1.71 bits per heavy atom. The van der Waals surface area contributed by atoms with Gasteiger partial charge in [0.1, 0.15) is 5.56 Å². The van der Waals surface area contributed by atoms with E-state index in [1.54, 1.807) is 38.1 Å². The minimum atomic E-state index is -0.635. The molecule has 9 heteroatoms. The summed E-state index contributed by atoms with van der Waals surface area (Å²) in [5, 5.41) is 14.4. The normalized spacial score (nSPS) is 11.9. The van der Waals surface area contributed by atoms with E-state index in [9.17, 15) is 19.6 Å². The lowest BCUT2D eigenvalue weighted by atomic mass is 10.0. The molecule has 3 aromatic rings. The number of fused-ring (bicyclic) bond motifs is 1. The highest BCUT2D eigenvalue weighted by Crippen LogP contribution is 2.31. The quantitative estimate of drug-likeness (QED) is 0.324. The molecule has 1 heterocycles. The summed E-state index contributed by atoms with van der Waals surface area (Å²) < 4.78 is 10.6. The van der Waals surface area contributed by atoms with Crippen LogP contribution in [0.1, 0.15) is 53.5 Å². The van der Waals surface area contributed by atoms with Crippen LogP contribution in [-0.4, -0.2) is 47.3 Å². The van der Waals surface area contributed by atoms with Gasteiger partial charge in [-0.25, -0.2) is 5.06 Å². The Bertz CT molecular complexity index is 1310. The lowest BCUT2D eigenvalue weighted by Crippen LogP contribution is -2.36. The number of hydroxylamine groups is 2. The molecule has 0 saturated carbocycles. The molecule has 0 radical (unpaired) electrons. The van der Waals surface area contributed by atoms with Crippen LogP contribution in [-0.2, 0) is 0 Å². The maximum Gasteiger partial charge on any atom is 0.277 e. The van der Waals surface area contributed by atoms with Crippen LogP contribution in [0, 0.1) is 12.8 Å². The minimum Gasteiger partial charge on any atom is -0.493 e. The molecule has 35 heavy (non-hydrogen) atoms. The molecule has 1 atom stereocenters. The van der Waals surface area contributed by atoms with Crippen molar-refractivity contribution in [2.45, 2.75) is 40.2 Å². The topological polar surface area (TPSA) is 121 Å². The van der Waals surface area contributed by atoms with E-state index in [4.69, 9.17) is 9.47 Å². The summed E-state index contributed by atoms with van der Waals surface area (Å²) in [5.74, 6) is 0.00985. The fourth-order valence-corrected chi connectivity index (χ4v) is 3.90. The number of carbonyl (C=O) groups is 2. The Kier molecular flexibility index (Phi) is 7.81. The summed E-state index contributed by atoms with van der Waals surface area (Å²) in [6.07, 6.45) is 0.638. The zero-order valence-corrected chi connectivity index (χ0v) is 20.8. The molecule has 0 spiro atoms. The van der Waals surface area contributed by atoms with E-state index in [-0.39, 0.29) is 17.2 Å². The Labute approximate surface area is 203 Å². The fourth-order valence-electron chi connectivity index (χ4n) is 3.90.